The van der Waals surface area contributed by atoms with Gasteiger partial charge in [0, 0.05) is 12.7 Å². The molecule has 1 amide bonds. The standard InChI is InChI=1S/C14H15ClFN3O/c1-8(2)12-7-13(19(3)18-12)14(20)17-9-4-5-11(16)10(15)6-9/h4-8H,1-3H3,(H,17,20). The lowest BCUT2D eigenvalue weighted by Crippen LogP contribution is -2.16. The first kappa shape index (κ1) is 14.5. The Kier molecular flexibility index (Phi) is 4.09. The van der Waals surface area contributed by atoms with Crippen molar-refractivity contribution in [3.63, 3.8) is 0 Å². The number of carbonyl (C=O) groups is 1. The van der Waals surface area contributed by atoms with Gasteiger partial charge in [0.2, 0.25) is 0 Å². The molecule has 0 aliphatic heterocycles. The SMILES string of the molecule is CC(C)c1cc(C(=O)Nc2ccc(F)c(Cl)c2)n(C)n1. The van der Waals surface area contributed by atoms with Crippen molar-refractivity contribution in [3.05, 3.63) is 46.5 Å². The summed E-state index contributed by atoms with van der Waals surface area (Å²) in [5, 5.41) is 6.91. The summed E-state index contributed by atoms with van der Waals surface area (Å²) >= 11 is 5.68. The maximum atomic E-state index is 13.1. The van der Waals surface area contributed by atoms with E-state index < -0.39 is 5.82 Å². The fourth-order valence-electron chi connectivity index (χ4n) is 1.75. The topological polar surface area (TPSA) is 46.9 Å². The third-order valence-electron chi connectivity index (χ3n) is 2.90. The van der Waals surface area contributed by atoms with Gasteiger partial charge in [0.05, 0.1) is 10.7 Å². The van der Waals surface area contributed by atoms with Crippen LogP contribution in [0.3, 0.4) is 0 Å². The Morgan fingerprint density at radius 2 is 2.10 bits per heavy atom. The molecule has 0 atom stereocenters. The van der Waals surface area contributed by atoms with Crippen LogP contribution >= 0.6 is 11.6 Å². The van der Waals surface area contributed by atoms with Crippen molar-refractivity contribution < 1.29 is 9.18 Å². The molecule has 20 heavy (non-hydrogen) atoms. The fourth-order valence-corrected chi connectivity index (χ4v) is 1.93. The van der Waals surface area contributed by atoms with Gasteiger partial charge in [0.25, 0.3) is 5.91 Å². The number of rotatable bonds is 3. The molecular formula is C14H15ClFN3O. The van der Waals surface area contributed by atoms with Crippen LogP contribution in [0.15, 0.2) is 24.3 Å². The van der Waals surface area contributed by atoms with Crippen LogP contribution in [0.4, 0.5) is 10.1 Å². The summed E-state index contributed by atoms with van der Waals surface area (Å²) < 4.78 is 14.6. The number of nitrogens with one attached hydrogen (secondary N) is 1. The predicted octanol–water partition coefficient (Wildman–Crippen LogP) is 3.59. The molecule has 0 saturated carbocycles. The van der Waals surface area contributed by atoms with Crippen molar-refractivity contribution in [1.29, 1.82) is 0 Å². The molecule has 0 bridgehead atoms. The summed E-state index contributed by atoms with van der Waals surface area (Å²) in [6, 6.07) is 5.78. The summed E-state index contributed by atoms with van der Waals surface area (Å²) in [4.78, 5) is 12.2. The molecule has 1 aromatic heterocycles. The predicted molar refractivity (Wildman–Crippen MR) is 76.7 cm³/mol. The molecule has 0 spiro atoms. The molecule has 0 aliphatic rings. The second-order valence-corrected chi connectivity index (χ2v) is 5.22. The van der Waals surface area contributed by atoms with Crippen LogP contribution in [-0.4, -0.2) is 15.7 Å². The van der Waals surface area contributed by atoms with E-state index in [0.29, 0.717) is 11.4 Å². The molecule has 1 aromatic carbocycles. The maximum Gasteiger partial charge on any atom is 0.273 e. The lowest BCUT2D eigenvalue weighted by molar-refractivity contribution is 0.101. The van der Waals surface area contributed by atoms with Crippen molar-refractivity contribution in [2.75, 3.05) is 5.32 Å². The summed E-state index contributed by atoms with van der Waals surface area (Å²) in [5.41, 5.74) is 1.72. The van der Waals surface area contributed by atoms with Gasteiger partial charge in [-0.2, -0.15) is 5.10 Å². The molecule has 6 heteroatoms. The van der Waals surface area contributed by atoms with Gasteiger partial charge in [0.1, 0.15) is 11.5 Å². The Morgan fingerprint density at radius 1 is 1.40 bits per heavy atom. The van der Waals surface area contributed by atoms with Gasteiger partial charge < -0.3 is 5.32 Å². The maximum absolute atomic E-state index is 13.1. The molecule has 4 nitrogen and oxygen atoms in total. The van der Waals surface area contributed by atoms with Gasteiger partial charge in [-0.05, 0) is 30.2 Å². The number of halogens is 2. The van der Waals surface area contributed by atoms with E-state index in [1.807, 2.05) is 13.8 Å². The van der Waals surface area contributed by atoms with E-state index >= 15 is 0 Å². The van der Waals surface area contributed by atoms with Crippen LogP contribution in [0.25, 0.3) is 0 Å². The van der Waals surface area contributed by atoms with Gasteiger partial charge in [-0.15, -0.1) is 0 Å². The van der Waals surface area contributed by atoms with E-state index in [-0.39, 0.29) is 16.8 Å². The molecule has 106 valence electrons. The van der Waals surface area contributed by atoms with Crippen LogP contribution < -0.4 is 5.32 Å². The number of hydrogen-bond donors (Lipinski definition) is 1. The van der Waals surface area contributed by atoms with Crippen molar-refractivity contribution in [2.24, 2.45) is 7.05 Å². The van der Waals surface area contributed by atoms with Crippen molar-refractivity contribution in [1.82, 2.24) is 9.78 Å². The fraction of sp³-hybridized carbons (Fsp3) is 0.286. The molecule has 0 saturated heterocycles. The van der Waals surface area contributed by atoms with Crippen LogP contribution in [0.2, 0.25) is 5.02 Å². The highest BCUT2D eigenvalue weighted by molar-refractivity contribution is 6.31. The van der Waals surface area contributed by atoms with Gasteiger partial charge >= 0.3 is 0 Å². The number of hydrogen-bond acceptors (Lipinski definition) is 2. The molecule has 1 heterocycles. The smallest absolute Gasteiger partial charge is 0.273 e. The Morgan fingerprint density at radius 3 is 2.65 bits per heavy atom. The van der Waals surface area contributed by atoms with Crippen LogP contribution in [0.1, 0.15) is 35.9 Å². The average Bonchev–Trinajstić information content (AvgIpc) is 2.76. The second kappa shape index (κ2) is 5.63. The van der Waals surface area contributed by atoms with E-state index in [4.69, 9.17) is 11.6 Å². The number of benzene rings is 1. The summed E-state index contributed by atoms with van der Waals surface area (Å²) in [6.45, 7) is 4.01. The first-order valence-electron chi connectivity index (χ1n) is 6.19. The number of amides is 1. The number of aryl methyl sites for hydroxylation is 1. The summed E-state index contributed by atoms with van der Waals surface area (Å²) in [5.74, 6) is -0.593. The molecule has 0 aliphatic carbocycles. The first-order valence-corrected chi connectivity index (χ1v) is 6.56. The van der Waals surface area contributed by atoms with E-state index in [0.717, 1.165) is 5.69 Å². The van der Waals surface area contributed by atoms with E-state index in [9.17, 15) is 9.18 Å². The van der Waals surface area contributed by atoms with Crippen molar-refractivity contribution >= 4 is 23.2 Å². The van der Waals surface area contributed by atoms with E-state index in [2.05, 4.69) is 10.4 Å². The molecule has 2 aromatic rings. The highest BCUT2D eigenvalue weighted by Crippen LogP contribution is 2.20. The molecular weight excluding hydrogens is 281 g/mol. The number of anilines is 1. The third-order valence-corrected chi connectivity index (χ3v) is 3.19. The Bertz CT molecular complexity index is 652. The van der Waals surface area contributed by atoms with Gasteiger partial charge in [-0.1, -0.05) is 25.4 Å². The Labute approximate surface area is 121 Å². The molecule has 0 fully saturated rings. The second-order valence-electron chi connectivity index (χ2n) is 4.82. The molecule has 0 unspecified atom stereocenters. The highest BCUT2D eigenvalue weighted by atomic mass is 35.5. The minimum Gasteiger partial charge on any atom is -0.321 e. The normalized spacial score (nSPS) is 10.9. The largest absolute Gasteiger partial charge is 0.321 e. The van der Waals surface area contributed by atoms with Crippen molar-refractivity contribution in [3.8, 4) is 0 Å². The molecule has 0 radical (unpaired) electrons. The first-order chi connectivity index (χ1) is 9.38. The quantitative estimate of drug-likeness (QED) is 0.940. The van der Waals surface area contributed by atoms with E-state index in [1.54, 1.807) is 13.1 Å². The van der Waals surface area contributed by atoms with Crippen LogP contribution in [-0.2, 0) is 7.05 Å². The Balaban J connectivity index is 2.21. The van der Waals surface area contributed by atoms with Crippen molar-refractivity contribution in [2.45, 2.75) is 19.8 Å². The van der Waals surface area contributed by atoms with Gasteiger partial charge in [0.15, 0.2) is 0 Å². The monoisotopic (exact) mass is 295 g/mol. The zero-order valence-electron chi connectivity index (χ0n) is 11.4. The van der Waals surface area contributed by atoms with Crippen LogP contribution in [0, 0.1) is 5.82 Å². The molecule has 2 rings (SSSR count). The third kappa shape index (κ3) is 2.99. The number of aromatic nitrogens is 2. The lowest BCUT2D eigenvalue weighted by Gasteiger charge is -2.05. The van der Waals surface area contributed by atoms with Gasteiger partial charge in [-0.25, -0.2) is 4.39 Å². The zero-order chi connectivity index (χ0) is 14.9. The zero-order valence-corrected chi connectivity index (χ0v) is 12.2. The highest BCUT2D eigenvalue weighted by Gasteiger charge is 2.15. The van der Waals surface area contributed by atoms with E-state index in [1.165, 1.54) is 22.9 Å². The lowest BCUT2D eigenvalue weighted by atomic mass is 10.1. The number of nitrogens with zero attached hydrogens (tertiary/aromatic N) is 2. The summed E-state index contributed by atoms with van der Waals surface area (Å²) in [6.07, 6.45) is 0. The van der Waals surface area contributed by atoms with Gasteiger partial charge in [-0.3, -0.25) is 9.48 Å². The number of carbonyl (C=O) groups excluding carboxylic acids is 1. The minimum absolute atomic E-state index is 0.0318. The average molecular weight is 296 g/mol. The summed E-state index contributed by atoms with van der Waals surface area (Å²) in [7, 11) is 1.71. The Hall–Kier alpha value is -1.88. The minimum atomic E-state index is -0.521. The molecule has 1 N–H and O–H groups in total. The van der Waals surface area contributed by atoms with Crippen LogP contribution in [0.5, 0.6) is 0 Å².